The lowest BCUT2D eigenvalue weighted by atomic mass is 9.78. The molecule has 2 rings (SSSR count). The number of fused-ring (bicyclic) bond motifs is 2. The third kappa shape index (κ3) is 1.52. The highest BCUT2D eigenvalue weighted by Crippen LogP contribution is 2.36. The minimum atomic E-state index is 0.508. The predicted octanol–water partition coefficient (Wildman–Crippen LogP) is 3.16. The summed E-state index contributed by atoms with van der Waals surface area (Å²) in [6.45, 7) is 8.71. The highest BCUT2D eigenvalue weighted by Gasteiger charge is 2.29. The Bertz CT molecular complexity index is 309. The maximum atomic E-state index is 4.25. The van der Waals surface area contributed by atoms with Gasteiger partial charge in [-0.25, -0.2) is 0 Å². The number of hydrogen-bond donors (Lipinski definition) is 1. The summed E-state index contributed by atoms with van der Waals surface area (Å²) in [6, 6.07) is 0.508. The van der Waals surface area contributed by atoms with Gasteiger partial charge in [0.15, 0.2) is 0 Å². The maximum absolute atomic E-state index is 4.25. The zero-order valence-electron chi connectivity index (χ0n) is 9.14. The molecule has 1 N–H and O–H groups in total. The molecule has 2 aliphatic rings. The molecule has 1 aliphatic heterocycles. The van der Waals surface area contributed by atoms with Gasteiger partial charge in [-0.05, 0) is 31.4 Å². The summed E-state index contributed by atoms with van der Waals surface area (Å²) in [4.78, 5) is 0. The molecule has 0 spiro atoms. The van der Waals surface area contributed by atoms with E-state index >= 15 is 0 Å². The second-order valence-electron chi connectivity index (χ2n) is 4.42. The van der Waals surface area contributed by atoms with Crippen LogP contribution in [0, 0.1) is 5.92 Å². The first kappa shape index (κ1) is 9.57. The molecule has 1 saturated heterocycles. The lowest BCUT2D eigenvalue weighted by molar-refractivity contribution is 0.456. The van der Waals surface area contributed by atoms with Crippen molar-refractivity contribution < 1.29 is 0 Å². The van der Waals surface area contributed by atoms with Gasteiger partial charge in [0.25, 0.3) is 0 Å². The van der Waals surface area contributed by atoms with E-state index in [1.165, 1.54) is 29.7 Å². The SMILES string of the molecule is C=C1C(CCC)NC2=CC=C(C)C1C2. The van der Waals surface area contributed by atoms with Crippen molar-refractivity contribution >= 4 is 0 Å². The summed E-state index contributed by atoms with van der Waals surface area (Å²) in [5.41, 5.74) is 4.25. The van der Waals surface area contributed by atoms with Crippen LogP contribution < -0.4 is 5.32 Å². The quantitative estimate of drug-likeness (QED) is 0.658. The monoisotopic (exact) mass is 189 g/mol. The molecule has 0 aromatic carbocycles. The van der Waals surface area contributed by atoms with Crippen molar-refractivity contribution in [3.05, 3.63) is 35.6 Å². The average Bonchev–Trinajstić information content (AvgIpc) is 2.18. The molecule has 2 bridgehead atoms. The van der Waals surface area contributed by atoms with Gasteiger partial charge >= 0.3 is 0 Å². The third-order valence-corrected chi connectivity index (χ3v) is 3.35. The van der Waals surface area contributed by atoms with Crippen LogP contribution in [0.15, 0.2) is 35.6 Å². The molecule has 0 aromatic heterocycles. The molecule has 0 amide bonds. The molecule has 2 atom stereocenters. The molecule has 1 nitrogen and oxygen atoms in total. The van der Waals surface area contributed by atoms with Crippen molar-refractivity contribution in [3.63, 3.8) is 0 Å². The summed E-state index contributed by atoms with van der Waals surface area (Å²) in [6.07, 6.45) is 8.02. The van der Waals surface area contributed by atoms with Gasteiger partial charge in [0.05, 0.1) is 0 Å². The summed E-state index contributed by atoms with van der Waals surface area (Å²) in [5, 5.41) is 3.57. The summed E-state index contributed by atoms with van der Waals surface area (Å²) >= 11 is 0. The molecule has 76 valence electrons. The Balaban J connectivity index is 2.21. The Kier molecular flexibility index (Phi) is 2.49. The first-order chi connectivity index (χ1) is 6.72. The van der Waals surface area contributed by atoms with Gasteiger partial charge in [-0.15, -0.1) is 0 Å². The number of piperidine rings is 1. The van der Waals surface area contributed by atoms with Crippen molar-refractivity contribution in [1.82, 2.24) is 5.32 Å². The fourth-order valence-electron chi connectivity index (χ4n) is 2.43. The molecule has 14 heavy (non-hydrogen) atoms. The van der Waals surface area contributed by atoms with E-state index in [1.54, 1.807) is 0 Å². The van der Waals surface area contributed by atoms with Crippen molar-refractivity contribution in [1.29, 1.82) is 0 Å². The van der Waals surface area contributed by atoms with Crippen LogP contribution in [0.4, 0.5) is 0 Å². The number of hydrogen-bond acceptors (Lipinski definition) is 1. The zero-order chi connectivity index (χ0) is 10.1. The predicted molar refractivity (Wildman–Crippen MR) is 60.9 cm³/mol. The number of allylic oxidation sites excluding steroid dienone is 4. The van der Waals surface area contributed by atoms with E-state index in [0.717, 1.165) is 6.42 Å². The summed E-state index contributed by atoms with van der Waals surface area (Å²) in [7, 11) is 0. The smallest absolute Gasteiger partial charge is 0.0474 e. The van der Waals surface area contributed by atoms with Gasteiger partial charge in [0.1, 0.15) is 0 Å². The average molecular weight is 189 g/mol. The normalized spacial score (nSPS) is 30.6. The molecular formula is C13H19N. The lowest BCUT2D eigenvalue weighted by Gasteiger charge is -2.38. The number of nitrogens with one attached hydrogen (secondary N) is 1. The van der Waals surface area contributed by atoms with Crippen LogP contribution in [0.2, 0.25) is 0 Å². The number of rotatable bonds is 2. The van der Waals surface area contributed by atoms with Gasteiger partial charge < -0.3 is 5.32 Å². The van der Waals surface area contributed by atoms with E-state index in [4.69, 9.17) is 0 Å². The van der Waals surface area contributed by atoms with Crippen LogP contribution in [0.25, 0.3) is 0 Å². The van der Waals surface area contributed by atoms with Gasteiger partial charge in [0.2, 0.25) is 0 Å². The lowest BCUT2D eigenvalue weighted by Crippen LogP contribution is -2.39. The minimum absolute atomic E-state index is 0.508. The second kappa shape index (κ2) is 3.64. The Morgan fingerprint density at radius 3 is 3.00 bits per heavy atom. The maximum Gasteiger partial charge on any atom is 0.0474 e. The molecule has 1 heterocycles. The molecule has 1 heteroatoms. The van der Waals surface area contributed by atoms with Crippen LogP contribution in [-0.2, 0) is 0 Å². The van der Waals surface area contributed by atoms with Crippen LogP contribution >= 0.6 is 0 Å². The van der Waals surface area contributed by atoms with E-state index in [0.29, 0.717) is 12.0 Å². The van der Waals surface area contributed by atoms with E-state index in [9.17, 15) is 0 Å². The van der Waals surface area contributed by atoms with Gasteiger partial charge in [0, 0.05) is 17.7 Å². The topological polar surface area (TPSA) is 12.0 Å². The van der Waals surface area contributed by atoms with Crippen LogP contribution in [-0.4, -0.2) is 6.04 Å². The van der Waals surface area contributed by atoms with E-state index < -0.39 is 0 Å². The Morgan fingerprint density at radius 2 is 2.29 bits per heavy atom. The molecule has 0 radical (unpaired) electrons. The van der Waals surface area contributed by atoms with Gasteiger partial charge in [-0.2, -0.15) is 0 Å². The summed E-state index contributed by atoms with van der Waals surface area (Å²) in [5.74, 6) is 0.604. The Morgan fingerprint density at radius 1 is 1.50 bits per heavy atom. The molecular weight excluding hydrogens is 170 g/mol. The largest absolute Gasteiger partial charge is 0.382 e. The van der Waals surface area contributed by atoms with Crippen LogP contribution in [0.5, 0.6) is 0 Å². The third-order valence-electron chi connectivity index (χ3n) is 3.35. The fraction of sp³-hybridized carbons (Fsp3) is 0.538. The van der Waals surface area contributed by atoms with E-state index in [1.807, 2.05) is 0 Å². The molecule has 1 fully saturated rings. The van der Waals surface area contributed by atoms with Crippen molar-refractivity contribution in [2.24, 2.45) is 5.92 Å². The Hall–Kier alpha value is -0.980. The molecule has 1 aliphatic carbocycles. The van der Waals surface area contributed by atoms with Crippen LogP contribution in [0.1, 0.15) is 33.1 Å². The highest BCUT2D eigenvalue weighted by atomic mass is 14.9. The fourth-order valence-corrected chi connectivity index (χ4v) is 2.43. The first-order valence-corrected chi connectivity index (χ1v) is 5.55. The Labute approximate surface area is 86.6 Å². The van der Waals surface area contributed by atoms with Gasteiger partial charge in [-0.3, -0.25) is 0 Å². The van der Waals surface area contributed by atoms with E-state index in [-0.39, 0.29) is 0 Å². The molecule has 2 unspecified atom stereocenters. The van der Waals surface area contributed by atoms with Crippen molar-refractivity contribution in [3.8, 4) is 0 Å². The zero-order valence-corrected chi connectivity index (χ0v) is 9.14. The minimum Gasteiger partial charge on any atom is -0.382 e. The van der Waals surface area contributed by atoms with E-state index in [2.05, 4.69) is 37.9 Å². The van der Waals surface area contributed by atoms with Crippen molar-refractivity contribution in [2.45, 2.75) is 39.2 Å². The second-order valence-corrected chi connectivity index (χ2v) is 4.42. The molecule has 0 aromatic rings. The van der Waals surface area contributed by atoms with Crippen LogP contribution in [0.3, 0.4) is 0 Å². The molecule has 0 saturated carbocycles. The highest BCUT2D eigenvalue weighted by molar-refractivity contribution is 5.36. The summed E-state index contributed by atoms with van der Waals surface area (Å²) < 4.78 is 0. The van der Waals surface area contributed by atoms with Gasteiger partial charge in [-0.1, -0.05) is 31.6 Å². The van der Waals surface area contributed by atoms with Crippen molar-refractivity contribution in [2.75, 3.05) is 0 Å². The first-order valence-electron chi connectivity index (χ1n) is 5.55. The standard InChI is InChI=1S/C13H19N/c1-4-5-13-10(3)12-8-11(14-13)7-6-9(12)2/h6-7,12-14H,3-5,8H2,1-2H3.